The van der Waals surface area contributed by atoms with Crippen molar-refractivity contribution in [2.45, 2.75) is 36.2 Å². The summed E-state index contributed by atoms with van der Waals surface area (Å²) in [6.45, 7) is 0. The minimum atomic E-state index is -0.910. The quantitative estimate of drug-likeness (QED) is 0.809. The van der Waals surface area contributed by atoms with Crippen LogP contribution in [0.25, 0.3) is 0 Å². The second kappa shape index (κ2) is 5.10. The molecule has 3 nitrogen and oxygen atoms in total. The van der Waals surface area contributed by atoms with Crippen LogP contribution in [-0.2, 0) is 0 Å². The highest BCUT2D eigenvalue weighted by atomic mass is 32.2. The number of carbonyl (C=O) groups is 1. The molecule has 17 heavy (non-hydrogen) atoms. The van der Waals surface area contributed by atoms with Gasteiger partial charge in [0, 0.05) is 10.6 Å². The van der Waals surface area contributed by atoms with Gasteiger partial charge in [-0.1, -0.05) is 18.9 Å². The van der Waals surface area contributed by atoms with Gasteiger partial charge in [-0.3, -0.25) is 0 Å². The van der Waals surface area contributed by atoms with Gasteiger partial charge in [-0.25, -0.2) is 4.79 Å². The van der Waals surface area contributed by atoms with Crippen LogP contribution in [0, 0.1) is 0 Å². The van der Waals surface area contributed by atoms with E-state index in [2.05, 4.69) is 0 Å². The van der Waals surface area contributed by atoms with Crippen LogP contribution in [0.1, 0.15) is 36.0 Å². The molecule has 1 aliphatic carbocycles. The van der Waals surface area contributed by atoms with Crippen molar-refractivity contribution in [3.8, 4) is 0 Å². The molecule has 0 heterocycles. The van der Waals surface area contributed by atoms with Crippen LogP contribution >= 0.6 is 11.8 Å². The minimum absolute atomic E-state index is 0.299. The van der Waals surface area contributed by atoms with Crippen molar-refractivity contribution >= 4 is 17.7 Å². The van der Waals surface area contributed by atoms with Crippen LogP contribution in [-0.4, -0.2) is 27.5 Å². The maximum atomic E-state index is 10.8. The number of thioether (sulfide) groups is 1. The van der Waals surface area contributed by atoms with Gasteiger partial charge in [-0.05, 0) is 31.0 Å². The average Bonchev–Trinajstić information content (AvgIpc) is 2.75. The molecule has 1 fully saturated rings. The Morgan fingerprint density at radius 3 is 2.71 bits per heavy atom. The van der Waals surface area contributed by atoms with E-state index in [1.165, 1.54) is 11.8 Å². The number of aliphatic hydroxyl groups is 1. The van der Waals surface area contributed by atoms with Gasteiger partial charge >= 0.3 is 5.97 Å². The lowest BCUT2D eigenvalue weighted by Crippen LogP contribution is -2.27. The van der Waals surface area contributed by atoms with Crippen LogP contribution in [0.15, 0.2) is 29.2 Å². The molecule has 0 atom stereocenters. The van der Waals surface area contributed by atoms with Crippen molar-refractivity contribution in [2.75, 3.05) is 5.75 Å². The normalized spacial score (nSPS) is 18.2. The molecule has 2 N–H and O–H groups in total. The van der Waals surface area contributed by atoms with Gasteiger partial charge in [0.1, 0.15) is 0 Å². The first-order valence-electron chi connectivity index (χ1n) is 5.78. The lowest BCUT2D eigenvalue weighted by atomic mass is 10.1. The van der Waals surface area contributed by atoms with Gasteiger partial charge in [0.25, 0.3) is 0 Å². The number of aromatic carboxylic acids is 1. The third-order valence-electron chi connectivity index (χ3n) is 3.12. The number of carboxylic acids is 1. The highest BCUT2D eigenvalue weighted by Gasteiger charge is 2.30. The molecule has 4 heteroatoms. The Kier molecular flexibility index (Phi) is 3.74. The van der Waals surface area contributed by atoms with Crippen molar-refractivity contribution in [1.29, 1.82) is 0 Å². The predicted molar refractivity (Wildman–Crippen MR) is 67.5 cm³/mol. The van der Waals surface area contributed by atoms with Crippen molar-refractivity contribution in [2.24, 2.45) is 0 Å². The molecule has 0 bridgehead atoms. The molecule has 1 saturated carbocycles. The molecule has 1 aromatic rings. The number of carboxylic acid groups (broad SMARTS) is 1. The van der Waals surface area contributed by atoms with E-state index < -0.39 is 11.6 Å². The molecule has 0 radical (unpaired) electrons. The average molecular weight is 252 g/mol. The first-order valence-corrected chi connectivity index (χ1v) is 6.76. The summed E-state index contributed by atoms with van der Waals surface area (Å²) in [7, 11) is 0. The van der Waals surface area contributed by atoms with E-state index in [9.17, 15) is 9.90 Å². The Balaban J connectivity index is 1.99. The summed E-state index contributed by atoms with van der Waals surface area (Å²) in [5, 5.41) is 19.1. The first kappa shape index (κ1) is 12.5. The summed E-state index contributed by atoms with van der Waals surface area (Å²) in [5.74, 6) is -0.261. The van der Waals surface area contributed by atoms with Gasteiger partial charge in [0.2, 0.25) is 0 Å². The molecule has 1 aliphatic rings. The number of hydrogen-bond acceptors (Lipinski definition) is 3. The second-order valence-electron chi connectivity index (χ2n) is 4.55. The molecule has 92 valence electrons. The smallest absolute Gasteiger partial charge is 0.335 e. The maximum Gasteiger partial charge on any atom is 0.335 e. The zero-order valence-electron chi connectivity index (χ0n) is 9.56. The fourth-order valence-corrected chi connectivity index (χ4v) is 3.22. The van der Waals surface area contributed by atoms with E-state index in [1.54, 1.807) is 18.2 Å². The van der Waals surface area contributed by atoms with Gasteiger partial charge in [0.05, 0.1) is 11.2 Å². The summed E-state index contributed by atoms with van der Waals surface area (Å²) in [6, 6.07) is 6.86. The maximum absolute atomic E-state index is 10.8. The van der Waals surface area contributed by atoms with Crippen LogP contribution < -0.4 is 0 Å². The molecular weight excluding hydrogens is 236 g/mol. The fourth-order valence-electron chi connectivity index (χ4n) is 2.11. The summed E-state index contributed by atoms with van der Waals surface area (Å²) in [4.78, 5) is 11.7. The molecule has 0 spiro atoms. The molecule has 0 aromatic heterocycles. The van der Waals surface area contributed by atoms with Gasteiger partial charge in [-0.2, -0.15) is 0 Å². The van der Waals surface area contributed by atoms with Crippen molar-refractivity contribution in [3.63, 3.8) is 0 Å². The van der Waals surface area contributed by atoms with E-state index in [0.717, 1.165) is 30.6 Å². The number of benzene rings is 1. The van der Waals surface area contributed by atoms with Crippen molar-refractivity contribution in [1.82, 2.24) is 0 Å². The zero-order chi connectivity index (χ0) is 12.3. The molecule has 0 saturated heterocycles. The third-order valence-corrected chi connectivity index (χ3v) is 4.39. The molecule has 2 rings (SSSR count). The van der Waals surface area contributed by atoms with E-state index in [1.807, 2.05) is 6.07 Å². The third kappa shape index (κ3) is 3.23. The molecule has 0 unspecified atom stereocenters. The van der Waals surface area contributed by atoms with Gasteiger partial charge in [-0.15, -0.1) is 11.8 Å². The van der Waals surface area contributed by atoms with Crippen molar-refractivity contribution in [3.05, 3.63) is 29.8 Å². The summed E-state index contributed by atoms with van der Waals surface area (Å²) in [6.07, 6.45) is 3.90. The van der Waals surface area contributed by atoms with E-state index in [0.29, 0.717) is 11.3 Å². The topological polar surface area (TPSA) is 57.5 Å². The van der Waals surface area contributed by atoms with Crippen LogP contribution in [0.5, 0.6) is 0 Å². The second-order valence-corrected chi connectivity index (χ2v) is 5.60. The van der Waals surface area contributed by atoms with Gasteiger partial charge < -0.3 is 10.2 Å². The van der Waals surface area contributed by atoms with E-state index in [-0.39, 0.29) is 0 Å². The van der Waals surface area contributed by atoms with Crippen LogP contribution in [0.3, 0.4) is 0 Å². The summed E-state index contributed by atoms with van der Waals surface area (Å²) < 4.78 is 0. The Labute approximate surface area is 105 Å². The fraction of sp³-hybridized carbons (Fsp3) is 0.462. The molecule has 1 aromatic carbocycles. The molecular formula is C13H16O3S. The number of rotatable bonds is 4. The van der Waals surface area contributed by atoms with Crippen LogP contribution in [0.4, 0.5) is 0 Å². The van der Waals surface area contributed by atoms with E-state index >= 15 is 0 Å². The lowest BCUT2D eigenvalue weighted by Gasteiger charge is -2.21. The Morgan fingerprint density at radius 1 is 1.35 bits per heavy atom. The highest BCUT2D eigenvalue weighted by Crippen LogP contribution is 2.34. The van der Waals surface area contributed by atoms with Crippen molar-refractivity contribution < 1.29 is 15.0 Å². The SMILES string of the molecule is O=C(O)c1cccc(SCC2(O)CCCC2)c1. The summed E-state index contributed by atoms with van der Waals surface area (Å²) >= 11 is 1.53. The highest BCUT2D eigenvalue weighted by molar-refractivity contribution is 7.99. The lowest BCUT2D eigenvalue weighted by molar-refractivity contribution is 0.0696. The standard InChI is InChI=1S/C13H16O3S/c14-12(15)10-4-3-5-11(8-10)17-9-13(16)6-1-2-7-13/h3-5,8,16H,1-2,6-7,9H2,(H,14,15). The minimum Gasteiger partial charge on any atom is -0.478 e. The number of hydrogen-bond donors (Lipinski definition) is 2. The van der Waals surface area contributed by atoms with Crippen LogP contribution in [0.2, 0.25) is 0 Å². The van der Waals surface area contributed by atoms with E-state index in [4.69, 9.17) is 5.11 Å². The predicted octanol–water partition coefficient (Wildman–Crippen LogP) is 2.78. The monoisotopic (exact) mass is 252 g/mol. The summed E-state index contributed by atoms with van der Waals surface area (Å²) in [5.41, 5.74) is -0.252. The first-order chi connectivity index (χ1) is 8.09. The Hall–Kier alpha value is -1.00. The van der Waals surface area contributed by atoms with Gasteiger partial charge in [0.15, 0.2) is 0 Å². The molecule has 0 aliphatic heterocycles. The zero-order valence-corrected chi connectivity index (χ0v) is 10.4. The largest absolute Gasteiger partial charge is 0.478 e. The Bertz CT molecular complexity index is 411. The molecule has 0 amide bonds. The Morgan fingerprint density at radius 2 is 2.06 bits per heavy atom.